The fourth-order valence-corrected chi connectivity index (χ4v) is 3.83. The quantitative estimate of drug-likeness (QED) is 0.834. The molecule has 140 valence electrons. The molecule has 2 aromatic rings. The van der Waals surface area contributed by atoms with Crippen molar-refractivity contribution in [3.05, 3.63) is 29.1 Å². The van der Waals surface area contributed by atoms with E-state index in [1.807, 2.05) is 25.6 Å². The van der Waals surface area contributed by atoms with E-state index in [2.05, 4.69) is 36.6 Å². The maximum atomic E-state index is 12.4. The lowest BCUT2D eigenvalue weighted by atomic mass is 9.90. The highest BCUT2D eigenvalue weighted by Crippen LogP contribution is 2.31. The Balaban J connectivity index is 1.49. The summed E-state index contributed by atoms with van der Waals surface area (Å²) in [6.07, 6.45) is 2.96. The summed E-state index contributed by atoms with van der Waals surface area (Å²) >= 11 is 0. The van der Waals surface area contributed by atoms with Crippen LogP contribution in [0.3, 0.4) is 0 Å². The number of piperidine rings is 1. The van der Waals surface area contributed by atoms with Crippen LogP contribution >= 0.6 is 0 Å². The van der Waals surface area contributed by atoms with E-state index in [1.54, 1.807) is 0 Å². The van der Waals surface area contributed by atoms with Crippen molar-refractivity contribution in [2.45, 2.75) is 51.6 Å². The number of rotatable bonds is 5. The monoisotopic (exact) mass is 357 g/mol. The number of carbonyl (C=O) groups is 1. The number of aromatic nitrogens is 5. The largest absolute Gasteiger partial charge is 0.351 e. The highest BCUT2D eigenvalue weighted by molar-refractivity contribution is 5.81. The number of nitrogens with zero attached hydrogens (tertiary/aromatic N) is 5. The number of amides is 1. The zero-order valence-corrected chi connectivity index (χ0v) is 15.7. The molecular formula is C18H27N7O. The molecule has 2 aromatic heterocycles. The molecule has 0 unspecified atom stereocenters. The van der Waals surface area contributed by atoms with Gasteiger partial charge in [-0.05, 0) is 45.7 Å². The average Bonchev–Trinajstić information content (AvgIpc) is 3.29. The van der Waals surface area contributed by atoms with Crippen LogP contribution in [0.25, 0.3) is 0 Å². The molecular weight excluding hydrogens is 330 g/mol. The maximum absolute atomic E-state index is 12.4. The van der Waals surface area contributed by atoms with Crippen LogP contribution in [0.1, 0.15) is 48.2 Å². The number of hydrogen-bond donors (Lipinski definition) is 2. The van der Waals surface area contributed by atoms with Crippen molar-refractivity contribution in [3.8, 4) is 0 Å². The van der Waals surface area contributed by atoms with E-state index in [4.69, 9.17) is 0 Å². The molecule has 2 N–H and O–H groups in total. The zero-order chi connectivity index (χ0) is 18.3. The molecule has 26 heavy (non-hydrogen) atoms. The standard InChI is InChI=1S/C18H27N7O/c1-11-8-14(24(3)23-11)9-25-7-6-15(17-19-12(2)21-22-17)16(10-25)20-18(26)13-4-5-13/h8,13,15-16H,4-7,9-10H2,1-3H3,(H,20,26)(H,19,21,22)/t15-,16+/m0/s1. The normalized spacial score (nSPS) is 24.0. The minimum atomic E-state index is 0.0429. The first-order valence-corrected chi connectivity index (χ1v) is 9.40. The maximum Gasteiger partial charge on any atom is 0.223 e. The van der Waals surface area contributed by atoms with Gasteiger partial charge in [0.1, 0.15) is 5.82 Å². The van der Waals surface area contributed by atoms with E-state index in [0.717, 1.165) is 56.2 Å². The van der Waals surface area contributed by atoms with Crippen LogP contribution in [-0.2, 0) is 18.4 Å². The molecule has 8 heteroatoms. The van der Waals surface area contributed by atoms with Crippen LogP contribution in [0, 0.1) is 19.8 Å². The number of nitrogens with one attached hydrogen (secondary N) is 2. The minimum Gasteiger partial charge on any atom is -0.351 e. The average molecular weight is 357 g/mol. The Hall–Kier alpha value is -2.22. The third-order valence-electron chi connectivity index (χ3n) is 5.40. The number of aromatic amines is 1. The summed E-state index contributed by atoms with van der Waals surface area (Å²) in [5, 5.41) is 15.0. The van der Waals surface area contributed by atoms with Crippen molar-refractivity contribution in [1.82, 2.24) is 35.2 Å². The fourth-order valence-electron chi connectivity index (χ4n) is 3.83. The molecule has 1 amide bonds. The van der Waals surface area contributed by atoms with Crippen LogP contribution in [0.2, 0.25) is 0 Å². The number of hydrogen-bond acceptors (Lipinski definition) is 5. The second-order valence-electron chi connectivity index (χ2n) is 7.70. The van der Waals surface area contributed by atoms with Gasteiger partial charge in [-0.25, -0.2) is 4.98 Å². The van der Waals surface area contributed by atoms with Crippen LogP contribution in [0.4, 0.5) is 0 Å². The summed E-state index contributed by atoms with van der Waals surface area (Å²) in [6, 6.07) is 2.17. The molecule has 2 atom stereocenters. The lowest BCUT2D eigenvalue weighted by molar-refractivity contribution is -0.123. The fraction of sp³-hybridized carbons (Fsp3) is 0.667. The van der Waals surface area contributed by atoms with Crippen molar-refractivity contribution in [1.29, 1.82) is 0 Å². The zero-order valence-electron chi connectivity index (χ0n) is 15.7. The van der Waals surface area contributed by atoms with Crippen molar-refractivity contribution >= 4 is 5.91 Å². The predicted molar refractivity (Wildman–Crippen MR) is 96.4 cm³/mol. The molecule has 0 spiro atoms. The highest BCUT2D eigenvalue weighted by atomic mass is 16.2. The molecule has 2 fully saturated rings. The molecule has 1 aliphatic carbocycles. The van der Waals surface area contributed by atoms with Crippen molar-refractivity contribution < 1.29 is 4.79 Å². The first-order chi connectivity index (χ1) is 12.5. The van der Waals surface area contributed by atoms with E-state index < -0.39 is 0 Å². The van der Waals surface area contributed by atoms with Crippen molar-refractivity contribution in [2.24, 2.45) is 13.0 Å². The van der Waals surface area contributed by atoms with Gasteiger partial charge < -0.3 is 5.32 Å². The van der Waals surface area contributed by atoms with Gasteiger partial charge in [-0.2, -0.15) is 10.2 Å². The second kappa shape index (κ2) is 6.83. The lowest BCUT2D eigenvalue weighted by Gasteiger charge is -2.37. The van der Waals surface area contributed by atoms with Gasteiger partial charge in [-0.1, -0.05) is 0 Å². The SMILES string of the molecule is Cc1cc(CN2CC[C@H](c3n[nH]c(C)n3)[C@H](NC(=O)C3CC3)C2)n(C)n1. The lowest BCUT2D eigenvalue weighted by Crippen LogP contribution is -2.52. The topological polar surface area (TPSA) is 91.7 Å². The molecule has 0 radical (unpaired) electrons. The summed E-state index contributed by atoms with van der Waals surface area (Å²) in [5.74, 6) is 2.19. The van der Waals surface area contributed by atoms with Crippen molar-refractivity contribution in [2.75, 3.05) is 13.1 Å². The van der Waals surface area contributed by atoms with E-state index in [9.17, 15) is 4.79 Å². The van der Waals surface area contributed by atoms with E-state index in [1.165, 1.54) is 5.69 Å². The summed E-state index contributed by atoms with van der Waals surface area (Å²) in [4.78, 5) is 19.3. The molecule has 4 rings (SSSR count). The van der Waals surface area contributed by atoms with Crippen LogP contribution < -0.4 is 5.32 Å². The Labute approximate surface area is 153 Å². The van der Waals surface area contributed by atoms with E-state index >= 15 is 0 Å². The Morgan fingerprint density at radius 3 is 2.77 bits per heavy atom. The van der Waals surface area contributed by atoms with E-state index in [-0.39, 0.29) is 23.8 Å². The molecule has 3 heterocycles. The van der Waals surface area contributed by atoms with Gasteiger partial charge in [-0.3, -0.25) is 19.5 Å². The molecule has 0 aromatic carbocycles. The first-order valence-electron chi connectivity index (χ1n) is 9.40. The van der Waals surface area contributed by atoms with Crippen LogP contribution in [-0.4, -0.2) is 54.9 Å². The highest BCUT2D eigenvalue weighted by Gasteiger charge is 2.37. The summed E-state index contributed by atoms with van der Waals surface area (Å²) in [7, 11) is 1.98. The number of aryl methyl sites for hydroxylation is 3. The third-order valence-corrected chi connectivity index (χ3v) is 5.40. The van der Waals surface area contributed by atoms with Crippen LogP contribution in [0.5, 0.6) is 0 Å². The van der Waals surface area contributed by atoms with Gasteiger partial charge in [0.05, 0.1) is 17.4 Å². The smallest absolute Gasteiger partial charge is 0.223 e. The molecule has 1 saturated heterocycles. The number of likely N-dealkylation sites (tertiary alicyclic amines) is 1. The Kier molecular flexibility index (Phi) is 4.52. The van der Waals surface area contributed by atoms with Crippen LogP contribution in [0.15, 0.2) is 6.07 Å². The minimum absolute atomic E-state index is 0.0429. The molecule has 8 nitrogen and oxygen atoms in total. The molecule has 1 saturated carbocycles. The molecule has 0 bridgehead atoms. The third kappa shape index (κ3) is 3.65. The Morgan fingerprint density at radius 1 is 1.35 bits per heavy atom. The molecule has 1 aliphatic heterocycles. The Morgan fingerprint density at radius 2 is 2.15 bits per heavy atom. The van der Waals surface area contributed by atoms with Gasteiger partial charge in [0.25, 0.3) is 0 Å². The number of carbonyl (C=O) groups excluding carboxylic acids is 1. The Bertz CT molecular complexity index is 791. The first kappa shape index (κ1) is 17.2. The number of H-pyrrole nitrogens is 1. The predicted octanol–water partition coefficient (Wildman–Crippen LogP) is 1.04. The van der Waals surface area contributed by atoms with Gasteiger partial charge in [0.2, 0.25) is 5.91 Å². The van der Waals surface area contributed by atoms with Gasteiger partial charge in [0.15, 0.2) is 5.82 Å². The second-order valence-corrected chi connectivity index (χ2v) is 7.70. The van der Waals surface area contributed by atoms with Gasteiger partial charge in [0, 0.05) is 32.0 Å². The van der Waals surface area contributed by atoms with E-state index in [0.29, 0.717) is 0 Å². The summed E-state index contributed by atoms with van der Waals surface area (Å²) in [5.41, 5.74) is 2.23. The summed E-state index contributed by atoms with van der Waals surface area (Å²) < 4.78 is 1.94. The van der Waals surface area contributed by atoms with Crippen molar-refractivity contribution in [3.63, 3.8) is 0 Å². The molecule has 2 aliphatic rings. The van der Waals surface area contributed by atoms with Gasteiger partial charge in [-0.15, -0.1) is 0 Å². The van der Waals surface area contributed by atoms with Gasteiger partial charge >= 0.3 is 0 Å². The summed E-state index contributed by atoms with van der Waals surface area (Å²) in [6.45, 7) is 6.53.